The zero-order chi connectivity index (χ0) is 20.7. The highest BCUT2D eigenvalue weighted by Crippen LogP contribution is 2.34. The number of nitrogens with zero attached hydrogens (tertiary/aromatic N) is 5. The molecule has 0 bridgehead atoms. The van der Waals surface area contributed by atoms with Crippen molar-refractivity contribution in [2.24, 2.45) is 13.0 Å². The fourth-order valence-corrected chi connectivity index (χ4v) is 3.76. The zero-order valence-electron chi connectivity index (χ0n) is 16.7. The average molecular weight is 407 g/mol. The van der Waals surface area contributed by atoms with Crippen molar-refractivity contribution < 1.29 is 13.9 Å². The molecular weight excluding hydrogens is 385 g/mol. The SMILES string of the molecule is Cn1cc(-c2ccc(CN3Cc4ccnc(OCCC5CC5)c4C3=O)c(F)c2)nn1. The van der Waals surface area contributed by atoms with Crippen LogP contribution in [0.4, 0.5) is 4.39 Å². The number of amides is 1. The summed E-state index contributed by atoms with van der Waals surface area (Å²) in [5, 5.41) is 7.89. The molecule has 1 aromatic carbocycles. The first kappa shape index (κ1) is 18.7. The number of ether oxygens (including phenoxy) is 1. The third kappa shape index (κ3) is 3.65. The maximum Gasteiger partial charge on any atom is 0.260 e. The van der Waals surface area contributed by atoms with Crippen molar-refractivity contribution >= 4 is 5.91 Å². The predicted molar refractivity (Wildman–Crippen MR) is 107 cm³/mol. The van der Waals surface area contributed by atoms with Gasteiger partial charge >= 0.3 is 0 Å². The van der Waals surface area contributed by atoms with Crippen LogP contribution in [-0.4, -0.2) is 37.4 Å². The Labute approximate surface area is 173 Å². The molecule has 0 atom stereocenters. The Morgan fingerprint density at radius 1 is 1.27 bits per heavy atom. The van der Waals surface area contributed by atoms with Gasteiger partial charge in [0.2, 0.25) is 5.88 Å². The number of pyridine rings is 1. The molecule has 5 rings (SSSR count). The van der Waals surface area contributed by atoms with Crippen LogP contribution < -0.4 is 4.74 Å². The molecule has 2 aliphatic rings. The van der Waals surface area contributed by atoms with Gasteiger partial charge in [-0.05, 0) is 30.0 Å². The molecule has 1 aliphatic heterocycles. The van der Waals surface area contributed by atoms with Gasteiger partial charge in [0.1, 0.15) is 17.1 Å². The van der Waals surface area contributed by atoms with E-state index in [1.54, 1.807) is 41.2 Å². The Hall–Kier alpha value is -3.29. The number of hydrogen-bond donors (Lipinski definition) is 0. The van der Waals surface area contributed by atoms with Crippen molar-refractivity contribution in [1.29, 1.82) is 0 Å². The van der Waals surface area contributed by atoms with Crippen molar-refractivity contribution in [2.45, 2.75) is 32.4 Å². The van der Waals surface area contributed by atoms with E-state index in [9.17, 15) is 9.18 Å². The summed E-state index contributed by atoms with van der Waals surface area (Å²) in [6.07, 6.45) is 6.91. The van der Waals surface area contributed by atoms with Gasteiger partial charge < -0.3 is 9.64 Å². The number of hydrogen-bond acceptors (Lipinski definition) is 5. The molecule has 3 heterocycles. The van der Waals surface area contributed by atoms with Crippen LogP contribution in [0.2, 0.25) is 0 Å². The smallest absolute Gasteiger partial charge is 0.260 e. The van der Waals surface area contributed by atoms with Gasteiger partial charge in [-0.15, -0.1) is 5.10 Å². The van der Waals surface area contributed by atoms with Gasteiger partial charge in [0.25, 0.3) is 5.91 Å². The predicted octanol–water partition coefficient (Wildman–Crippen LogP) is 3.35. The van der Waals surface area contributed by atoms with Gasteiger partial charge in [-0.2, -0.15) is 0 Å². The van der Waals surface area contributed by atoms with Gasteiger partial charge in [-0.3, -0.25) is 9.48 Å². The highest BCUT2D eigenvalue weighted by Gasteiger charge is 2.32. The summed E-state index contributed by atoms with van der Waals surface area (Å²) >= 11 is 0. The molecule has 0 spiro atoms. The van der Waals surface area contributed by atoms with Gasteiger partial charge in [0, 0.05) is 37.5 Å². The molecule has 1 saturated carbocycles. The van der Waals surface area contributed by atoms with E-state index in [1.165, 1.54) is 18.9 Å². The van der Waals surface area contributed by atoms with E-state index in [2.05, 4.69) is 15.3 Å². The molecule has 3 aromatic rings. The summed E-state index contributed by atoms with van der Waals surface area (Å²) < 4.78 is 22.1. The summed E-state index contributed by atoms with van der Waals surface area (Å²) in [5.74, 6) is 0.596. The van der Waals surface area contributed by atoms with Crippen LogP contribution in [0.1, 0.15) is 40.7 Å². The molecule has 8 heteroatoms. The lowest BCUT2D eigenvalue weighted by atomic mass is 10.1. The standard InChI is InChI=1S/C22H22FN5O2/c1-27-13-19(25-26-27)15-4-5-16(18(23)10-15)11-28-12-17-6-8-24-21(20(17)22(28)29)30-9-7-14-2-3-14/h4-6,8,10,13-14H,2-3,7,9,11-12H2,1H3. The maximum atomic E-state index is 14.7. The van der Waals surface area contributed by atoms with Crippen molar-refractivity contribution in [1.82, 2.24) is 24.9 Å². The summed E-state index contributed by atoms with van der Waals surface area (Å²) in [5.41, 5.74) is 3.08. The van der Waals surface area contributed by atoms with Crippen LogP contribution >= 0.6 is 0 Å². The summed E-state index contributed by atoms with van der Waals surface area (Å²) in [6, 6.07) is 6.75. The second-order valence-electron chi connectivity index (χ2n) is 7.98. The summed E-state index contributed by atoms with van der Waals surface area (Å²) in [4.78, 5) is 18.9. The van der Waals surface area contributed by atoms with E-state index in [1.807, 2.05) is 6.07 Å². The normalized spacial score (nSPS) is 15.5. The first-order chi connectivity index (χ1) is 14.6. The molecular formula is C22H22FN5O2. The van der Waals surface area contributed by atoms with Crippen LogP contribution in [0.5, 0.6) is 5.88 Å². The Morgan fingerprint density at radius 2 is 2.13 bits per heavy atom. The maximum absolute atomic E-state index is 14.7. The molecule has 0 N–H and O–H groups in total. The molecule has 7 nitrogen and oxygen atoms in total. The number of carbonyl (C=O) groups excluding carboxylic acids is 1. The molecule has 30 heavy (non-hydrogen) atoms. The van der Waals surface area contributed by atoms with Crippen LogP contribution in [0.3, 0.4) is 0 Å². The minimum atomic E-state index is -0.374. The molecule has 1 amide bonds. The van der Waals surface area contributed by atoms with Crippen LogP contribution in [-0.2, 0) is 20.1 Å². The highest BCUT2D eigenvalue weighted by atomic mass is 19.1. The Morgan fingerprint density at radius 3 is 2.87 bits per heavy atom. The molecule has 0 radical (unpaired) electrons. The number of halogens is 1. The molecule has 154 valence electrons. The number of fused-ring (bicyclic) bond motifs is 1. The fraction of sp³-hybridized carbons (Fsp3) is 0.364. The minimum absolute atomic E-state index is 0.170. The molecule has 1 fully saturated rings. The van der Waals surface area contributed by atoms with E-state index >= 15 is 0 Å². The van der Waals surface area contributed by atoms with E-state index in [0.29, 0.717) is 41.4 Å². The lowest BCUT2D eigenvalue weighted by Gasteiger charge is -2.16. The monoisotopic (exact) mass is 407 g/mol. The summed E-state index contributed by atoms with van der Waals surface area (Å²) in [6.45, 7) is 1.17. The van der Waals surface area contributed by atoms with Crippen molar-refractivity contribution in [3.8, 4) is 17.1 Å². The van der Waals surface area contributed by atoms with Crippen LogP contribution in [0.25, 0.3) is 11.3 Å². The van der Waals surface area contributed by atoms with E-state index < -0.39 is 0 Å². The topological polar surface area (TPSA) is 73.1 Å². The van der Waals surface area contributed by atoms with Gasteiger partial charge in [0.15, 0.2) is 0 Å². The minimum Gasteiger partial charge on any atom is -0.477 e. The van der Waals surface area contributed by atoms with Gasteiger partial charge in [0.05, 0.1) is 12.8 Å². The van der Waals surface area contributed by atoms with E-state index in [0.717, 1.165) is 17.9 Å². The lowest BCUT2D eigenvalue weighted by molar-refractivity contribution is 0.0761. The van der Waals surface area contributed by atoms with E-state index in [4.69, 9.17) is 4.74 Å². The second kappa shape index (κ2) is 7.51. The largest absolute Gasteiger partial charge is 0.477 e. The Kier molecular flexibility index (Phi) is 4.69. The molecule has 0 unspecified atom stereocenters. The number of aromatic nitrogens is 4. The molecule has 2 aromatic heterocycles. The third-order valence-electron chi connectivity index (χ3n) is 5.64. The molecule has 1 aliphatic carbocycles. The molecule has 0 saturated heterocycles. The third-order valence-corrected chi connectivity index (χ3v) is 5.64. The highest BCUT2D eigenvalue weighted by molar-refractivity contribution is 6.00. The number of rotatable bonds is 7. The van der Waals surface area contributed by atoms with Gasteiger partial charge in [-0.1, -0.05) is 30.2 Å². The average Bonchev–Trinajstić information content (AvgIpc) is 3.37. The quantitative estimate of drug-likeness (QED) is 0.601. The van der Waals surface area contributed by atoms with Crippen molar-refractivity contribution in [3.63, 3.8) is 0 Å². The fourth-order valence-electron chi connectivity index (χ4n) is 3.76. The lowest BCUT2D eigenvalue weighted by Crippen LogP contribution is -2.24. The van der Waals surface area contributed by atoms with Gasteiger partial charge in [-0.25, -0.2) is 9.37 Å². The van der Waals surface area contributed by atoms with Crippen molar-refractivity contribution in [2.75, 3.05) is 6.61 Å². The first-order valence-electron chi connectivity index (χ1n) is 10.1. The number of aryl methyl sites for hydroxylation is 1. The van der Waals surface area contributed by atoms with E-state index in [-0.39, 0.29) is 18.3 Å². The second-order valence-corrected chi connectivity index (χ2v) is 7.98. The zero-order valence-corrected chi connectivity index (χ0v) is 16.7. The van der Waals surface area contributed by atoms with Crippen molar-refractivity contribution in [3.05, 3.63) is 59.2 Å². The Bertz CT molecular complexity index is 1110. The van der Waals surface area contributed by atoms with Crippen LogP contribution in [0.15, 0.2) is 36.7 Å². The first-order valence-corrected chi connectivity index (χ1v) is 10.1. The van der Waals surface area contributed by atoms with Crippen LogP contribution in [0, 0.1) is 11.7 Å². The summed E-state index contributed by atoms with van der Waals surface area (Å²) in [7, 11) is 1.76. The Balaban J connectivity index is 1.31. The number of carbonyl (C=O) groups is 1. The number of benzene rings is 1.